The number of carboxylic acid groups (broad SMARTS) is 1. The van der Waals surface area contributed by atoms with Crippen LogP contribution in [0.3, 0.4) is 0 Å². The molecule has 0 radical (unpaired) electrons. The van der Waals surface area contributed by atoms with Gasteiger partial charge in [0.25, 0.3) is 0 Å². The average Bonchev–Trinajstić information content (AvgIpc) is 3.15. The summed E-state index contributed by atoms with van der Waals surface area (Å²) >= 11 is 0. The number of rotatable bonds is 6. The Morgan fingerprint density at radius 1 is 1.22 bits per heavy atom. The minimum Gasteiger partial charge on any atom is -0.480 e. The maximum atomic E-state index is 15.5. The van der Waals surface area contributed by atoms with Crippen molar-refractivity contribution in [3.8, 4) is 17.0 Å². The number of oxazole rings is 1. The van der Waals surface area contributed by atoms with E-state index in [1.54, 1.807) is 6.07 Å². The molecule has 2 heterocycles. The van der Waals surface area contributed by atoms with Crippen LogP contribution in [-0.2, 0) is 6.61 Å². The van der Waals surface area contributed by atoms with Gasteiger partial charge in [0.2, 0.25) is 5.89 Å². The first-order chi connectivity index (χ1) is 15.5. The Kier molecular flexibility index (Phi) is 4.93. The maximum absolute atomic E-state index is 15.5. The van der Waals surface area contributed by atoms with Gasteiger partial charge in [0.15, 0.2) is 23.8 Å². The van der Waals surface area contributed by atoms with Crippen molar-refractivity contribution in [2.75, 3.05) is 5.73 Å². The fourth-order valence-electron chi connectivity index (χ4n) is 3.74. The van der Waals surface area contributed by atoms with E-state index in [-0.39, 0.29) is 41.1 Å². The number of anilines is 1. The highest BCUT2D eigenvalue weighted by Gasteiger charge is 2.27. The van der Waals surface area contributed by atoms with Crippen molar-refractivity contribution in [1.29, 1.82) is 0 Å². The van der Waals surface area contributed by atoms with E-state index >= 15 is 4.39 Å². The summed E-state index contributed by atoms with van der Waals surface area (Å²) in [6, 6.07) is 7.94. The van der Waals surface area contributed by atoms with Crippen molar-refractivity contribution < 1.29 is 23.4 Å². The van der Waals surface area contributed by atoms with E-state index in [2.05, 4.69) is 15.0 Å². The zero-order valence-electron chi connectivity index (χ0n) is 16.9. The van der Waals surface area contributed by atoms with Gasteiger partial charge < -0.3 is 20.0 Å². The van der Waals surface area contributed by atoms with Crippen LogP contribution in [-0.4, -0.2) is 26.0 Å². The predicted octanol–water partition coefficient (Wildman–Crippen LogP) is 4.55. The minimum atomic E-state index is -1.05. The zero-order chi connectivity index (χ0) is 22.2. The van der Waals surface area contributed by atoms with Gasteiger partial charge in [-0.25, -0.2) is 19.2 Å². The maximum Gasteiger partial charge on any atom is 0.335 e. The number of aromatic nitrogens is 3. The summed E-state index contributed by atoms with van der Waals surface area (Å²) in [6.45, 7) is -0.107. The average molecular weight is 434 g/mol. The number of hydrogen-bond donors (Lipinski definition) is 2. The largest absolute Gasteiger partial charge is 0.480 e. The Morgan fingerprint density at radius 3 is 2.75 bits per heavy atom. The van der Waals surface area contributed by atoms with Crippen molar-refractivity contribution in [2.45, 2.75) is 31.8 Å². The molecule has 0 saturated heterocycles. The monoisotopic (exact) mass is 434 g/mol. The summed E-state index contributed by atoms with van der Waals surface area (Å²) in [6.07, 6.45) is 5.82. The van der Waals surface area contributed by atoms with Crippen LogP contribution in [0.5, 0.6) is 5.75 Å². The molecule has 0 bridgehead atoms. The summed E-state index contributed by atoms with van der Waals surface area (Å²) in [7, 11) is 0. The molecular weight excluding hydrogens is 415 g/mol. The first-order valence-corrected chi connectivity index (χ1v) is 10.2. The third kappa shape index (κ3) is 3.62. The van der Waals surface area contributed by atoms with Crippen LogP contribution in [0.2, 0.25) is 0 Å². The molecule has 3 N–H and O–H groups in total. The first kappa shape index (κ1) is 19.9. The van der Waals surface area contributed by atoms with Gasteiger partial charge in [-0.15, -0.1) is 0 Å². The molecule has 32 heavy (non-hydrogen) atoms. The zero-order valence-corrected chi connectivity index (χ0v) is 16.9. The second-order valence-corrected chi connectivity index (χ2v) is 7.68. The van der Waals surface area contributed by atoms with E-state index in [4.69, 9.17) is 20.0 Å². The highest BCUT2D eigenvalue weighted by atomic mass is 19.1. The SMILES string of the molecule is Nc1cnc(-c2ccc(C3CCC3)c(OCc3nc4cc(C(=O)O)ccc4o3)c2F)cn1. The highest BCUT2D eigenvalue weighted by Crippen LogP contribution is 2.44. The number of hydrogen-bond acceptors (Lipinski definition) is 7. The lowest BCUT2D eigenvalue weighted by molar-refractivity contribution is 0.0697. The van der Waals surface area contributed by atoms with Crippen molar-refractivity contribution in [2.24, 2.45) is 0 Å². The van der Waals surface area contributed by atoms with Crippen molar-refractivity contribution in [1.82, 2.24) is 15.0 Å². The lowest BCUT2D eigenvalue weighted by atomic mass is 9.79. The second-order valence-electron chi connectivity index (χ2n) is 7.68. The fraction of sp³-hybridized carbons (Fsp3) is 0.217. The number of nitrogens with two attached hydrogens (primary N) is 1. The molecule has 1 aliphatic carbocycles. The molecule has 9 heteroatoms. The van der Waals surface area contributed by atoms with Gasteiger partial charge in [0.05, 0.1) is 23.7 Å². The molecule has 1 saturated carbocycles. The van der Waals surface area contributed by atoms with E-state index in [0.29, 0.717) is 16.8 Å². The number of ether oxygens (including phenoxy) is 1. The molecule has 0 unspecified atom stereocenters. The van der Waals surface area contributed by atoms with Gasteiger partial charge in [0, 0.05) is 11.1 Å². The van der Waals surface area contributed by atoms with E-state index in [9.17, 15) is 4.79 Å². The van der Waals surface area contributed by atoms with Crippen molar-refractivity contribution >= 4 is 22.9 Å². The molecular formula is C23H19FN4O4. The van der Waals surface area contributed by atoms with Crippen LogP contribution >= 0.6 is 0 Å². The second kappa shape index (κ2) is 7.92. The van der Waals surface area contributed by atoms with Gasteiger partial charge in [-0.1, -0.05) is 12.5 Å². The van der Waals surface area contributed by atoms with Crippen molar-refractivity contribution in [3.63, 3.8) is 0 Å². The molecule has 0 atom stereocenters. The number of aromatic carboxylic acids is 1. The van der Waals surface area contributed by atoms with Crippen LogP contribution in [0.1, 0.15) is 47.0 Å². The summed E-state index contributed by atoms with van der Waals surface area (Å²) < 4.78 is 27.1. The van der Waals surface area contributed by atoms with E-state index in [1.807, 2.05) is 6.07 Å². The van der Waals surface area contributed by atoms with E-state index < -0.39 is 11.8 Å². The molecule has 5 rings (SSSR count). The fourth-order valence-corrected chi connectivity index (χ4v) is 3.74. The molecule has 1 fully saturated rings. The van der Waals surface area contributed by atoms with Crippen LogP contribution < -0.4 is 10.5 Å². The molecule has 2 aromatic carbocycles. The lowest BCUT2D eigenvalue weighted by Crippen LogP contribution is -2.12. The number of nitrogens with zero attached hydrogens (tertiary/aromatic N) is 3. The third-order valence-electron chi connectivity index (χ3n) is 5.64. The van der Waals surface area contributed by atoms with Crippen LogP contribution in [0, 0.1) is 5.82 Å². The molecule has 0 amide bonds. The Balaban J connectivity index is 1.47. The Labute approximate surface area is 181 Å². The minimum absolute atomic E-state index is 0.105. The molecule has 8 nitrogen and oxygen atoms in total. The van der Waals surface area contributed by atoms with Crippen molar-refractivity contribution in [3.05, 3.63) is 65.6 Å². The molecule has 2 aromatic heterocycles. The molecule has 162 valence electrons. The predicted molar refractivity (Wildman–Crippen MR) is 114 cm³/mol. The van der Waals surface area contributed by atoms with Crippen LogP contribution in [0.4, 0.5) is 10.2 Å². The van der Waals surface area contributed by atoms with E-state index in [0.717, 1.165) is 24.8 Å². The van der Waals surface area contributed by atoms with Gasteiger partial charge >= 0.3 is 5.97 Å². The third-order valence-corrected chi connectivity index (χ3v) is 5.64. The molecule has 0 spiro atoms. The quantitative estimate of drug-likeness (QED) is 0.453. The summed E-state index contributed by atoms with van der Waals surface area (Å²) in [4.78, 5) is 23.6. The van der Waals surface area contributed by atoms with Crippen LogP contribution in [0.15, 0.2) is 47.1 Å². The topological polar surface area (TPSA) is 124 Å². The smallest absolute Gasteiger partial charge is 0.335 e. The number of fused-ring (bicyclic) bond motifs is 1. The number of carboxylic acids is 1. The normalized spacial score (nSPS) is 13.8. The standard InChI is InChI=1S/C23H19FN4O4/c24-21-15(17-9-27-19(25)10-26-17)6-5-14(12-2-1-3-12)22(21)31-11-20-28-16-8-13(23(29)30)4-7-18(16)32-20/h4-10,12H,1-3,11H2,(H2,25,27)(H,29,30). The van der Waals surface area contributed by atoms with Gasteiger partial charge in [-0.2, -0.15) is 0 Å². The number of benzene rings is 2. The number of nitrogen functional groups attached to an aromatic ring is 1. The summed E-state index contributed by atoms with van der Waals surface area (Å²) in [5.41, 5.74) is 7.93. The molecule has 4 aromatic rings. The molecule has 0 aliphatic heterocycles. The Hall–Kier alpha value is -4.01. The van der Waals surface area contributed by atoms with Gasteiger partial charge in [-0.3, -0.25) is 4.98 Å². The Morgan fingerprint density at radius 2 is 2.06 bits per heavy atom. The first-order valence-electron chi connectivity index (χ1n) is 10.2. The van der Waals surface area contributed by atoms with Gasteiger partial charge in [0.1, 0.15) is 11.3 Å². The number of carbonyl (C=O) groups is 1. The van der Waals surface area contributed by atoms with Crippen LogP contribution in [0.25, 0.3) is 22.4 Å². The molecule has 1 aliphatic rings. The lowest BCUT2D eigenvalue weighted by Gasteiger charge is -2.28. The summed E-state index contributed by atoms with van der Waals surface area (Å²) in [5, 5.41) is 9.14. The number of halogens is 1. The summed E-state index contributed by atoms with van der Waals surface area (Å²) in [5.74, 6) is -0.745. The van der Waals surface area contributed by atoms with Gasteiger partial charge in [-0.05, 0) is 43.0 Å². The van der Waals surface area contributed by atoms with E-state index in [1.165, 1.54) is 30.6 Å². The Bertz CT molecular complexity index is 1320. The highest BCUT2D eigenvalue weighted by molar-refractivity contribution is 5.91.